The van der Waals surface area contributed by atoms with E-state index in [2.05, 4.69) is 15.3 Å². The monoisotopic (exact) mass is 484 g/mol. The Balaban J connectivity index is 1.33. The number of piperidine rings is 1. The first kappa shape index (κ1) is 21.7. The topological polar surface area (TPSA) is 93.7 Å². The van der Waals surface area contributed by atoms with Crippen LogP contribution in [0, 0.1) is 0 Å². The maximum absolute atomic E-state index is 12.8. The van der Waals surface area contributed by atoms with Crippen LogP contribution < -0.4 is 10.1 Å². The first-order valence-corrected chi connectivity index (χ1v) is 11.9. The first-order chi connectivity index (χ1) is 16.1. The van der Waals surface area contributed by atoms with Gasteiger partial charge in [0, 0.05) is 48.6 Å². The van der Waals surface area contributed by atoms with Crippen molar-refractivity contribution in [3.63, 3.8) is 0 Å². The summed E-state index contributed by atoms with van der Waals surface area (Å²) in [4.78, 5) is 35.0. The molecule has 2 aliphatic rings. The number of pyridine rings is 1. The smallest absolute Gasteiger partial charge is 0.410 e. The molecule has 2 aromatic heterocycles. The van der Waals surface area contributed by atoms with E-state index in [1.807, 2.05) is 17.5 Å². The largest absolute Gasteiger partial charge is 0.489 e. The number of nitrogens with one attached hydrogen (secondary N) is 1. The molecule has 0 radical (unpaired) electrons. The lowest BCUT2D eigenvalue weighted by molar-refractivity contribution is 0.0915. The fourth-order valence-corrected chi connectivity index (χ4v) is 4.70. The molecule has 1 N–H and O–H groups in total. The fourth-order valence-electron chi connectivity index (χ4n) is 4.02. The number of thiazole rings is 1. The van der Waals surface area contributed by atoms with E-state index in [1.54, 1.807) is 34.8 Å². The van der Waals surface area contributed by atoms with Crippen molar-refractivity contribution in [3.8, 4) is 17.0 Å². The highest BCUT2D eigenvalue weighted by Gasteiger charge is 2.39. The molecule has 1 aromatic carbocycles. The van der Waals surface area contributed by atoms with E-state index in [-0.39, 0.29) is 29.8 Å². The van der Waals surface area contributed by atoms with Crippen molar-refractivity contribution in [1.82, 2.24) is 20.2 Å². The van der Waals surface area contributed by atoms with Gasteiger partial charge in [-0.25, -0.2) is 9.78 Å². The highest BCUT2D eigenvalue weighted by molar-refractivity contribution is 7.07. The second-order valence-corrected chi connectivity index (χ2v) is 9.09. The standard InChI is InChI=1S/C23H21ClN4O4S/c24-15-3-1-14(2-4-15)9-26-22(29)19-8-21(18(10-25-19)20-12-33-13-27-20)32-17-5-6-28-16(7-17)11-31-23(28)30/h1-4,8,10,12-13,16-17H,5-7,9,11H2,(H,26,29)/t16-,17-/m0/s1. The van der Waals surface area contributed by atoms with Gasteiger partial charge >= 0.3 is 6.09 Å². The summed E-state index contributed by atoms with van der Waals surface area (Å²) in [5.74, 6) is 0.250. The van der Waals surface area contributed by atoms with Crippen LogP contribution in [0.15, 0.2) is 47.4 Å². The molecule has 2 saturated heterocycles. The molecule has 0 saturated carbocycles. The van der Waals surface area contributed by atoms with E-state index in [0.29, 0.717) is 43.3 Å². The first-order valence-electron chi connectivity index (χ1n) is 10.6. The molecule has 2 fully saturated rings. The summed E-state index contributed by atoms with van der Waals surface area (Å²) in [6.45, 7) is 1.32. The average Bonchev–Trinajstić information content (AvgIpc) is 3.49. The number of carbonyl (C=O) groups is 2. The van der Waals surface area contributed by atoms with Crippen LogP contribution in [-0.2, 0) is 11.3 Å². The summed E-state index contributed by atoms with van der Waals surface area (Å²) >= 11 is 7.40. The summed E-state index contributed by atoms with van der Waals surface area (Å²) in [7, 11) is 0. The molecule has 2 amide bonds. The van der Waals surface area contributed by atoms with Gasteiger partial charge in [0.05, 0.1) is 22.8 Å². The van der Waals surface area contributed by atoms with Crippen LogP contribution in [0.5, 0.6) is 5.75 Å². The normalized spacial score (nSPS) is 19.7. The Hall–Kier alpha value is -3.17. The highest BCUT2D eigenvalue weighted by Crippen LogP contribution is 2.33. The molecule has 4 heterocycles. The van der Waals surface area contributed by atoms with Crippen molar-refractivity contribution in [2.45, 2.75) is 31.5 Å². The Morgan fingerprint density at radius 3 is 2.94 bits per heavy atom. The van der Waals surface area contributed by atoms with E-state index in [9.17, 15) is 9.59 Å². The van der Waals surface area contributed by atoms with Gasteiger partial charge in [0.15, 0.2) is 0 Å². The highest BCUT2D eigenvalue weighted by atomic mass is 35.5. The summed E-state index contributed by atoms with van der Waals surface area (Å²) in [6, 6.07) is 8.96. The minimum Gasteiger partial charge on any atom is -0.489 e. The molecule has 0 spiro atoms. The molecule has 2 aliphatic heterocycles. The molecule has 0 bridgehead atoms. The van der Waals surface area contributed by atoms with Crippen molar-refractivity contribution in [2.75, 3.05) is 13.2 Å². The van der Waals surface area contributed by atoms with Crippen LogP contribution in [0.1, 0.15) is 28.9 Å². The Kier molecular flexibility index (Phi) is 6.15. The number of benzene rings is 1. The zero-order valence-electron chi connectivity index (χ0n) is 17.6. The van der Waals surface area contributed by atoms with Gasteiger partial charge in [0.25, 0.3) is 5.91 Å². The van der Waals surface area contributed by atoms with E-state index in [0.717, 1.165) is 16.8 Å². The van der Waals surface area contributed by atoms with E-state index in [1.165, 1.54) is 11.3 Å². The number of amides is 2. The number of fused-ring (bicyclic) bond motifs is 1. The van der Waals surface area contributed by atoms with Gasteiger partial charge < -0.3 is 19.7 Å². The van der Waals surface area contributed by atoms with Crippen LogP contribution in [0.3, 0.4) is 0 Å². The second-order valence-electron chi connectivity index (χ2n) is 7.94. The summed E-state index contributed by atoms with van der Waals surface area (Å²) < 4.78 is 11.5. The van der Waals surface area contributed by atoms with Gasteiger partial charge in [0.1, 0.15) is 24.2 Å². The lowest BCUT2D eigenvalue weighted by Gasteiger charge is -2.32. The molecular formula is C23H21ClN4O4S. The van der Waals surface area contributed by atoms with Crippen molar-refractivity contribution in [1.29, 1.82) is 0 Å². The van der Waals surface area contributed by atoms with Gasteiger partial charge in [-0.15, -0.1) is 11.3 Å². The molecule has 8 nitrogen and oxygen atoms in total. The summed E-state index contributed by atoms with van der Waals surface area (Å²) in [6.07, 6.45) is 2.61. The Morgan fingerprint density at radius 1 is 1.30 bits per heavy atom. The molecule has 10 heteroatoms. The van der Waals surface area contributed by atoms with Crippen molar-refractivity contribution in [3.05, 3.63) is 63.7 Å². The lowest BCUT2D eigenvalue weighted by atomic mass is 10.0. The predicted octanol–water partition coefficient (Wildman–Crippen LogP) is 4.15. The second kappa shape index (κ2) is 9.36. The van der Waals surface area contributed by atoms with Gasteiger partial charge in [0.2, 0.25) is 0 Å². The number of ether oxygens (including phenoxy) is 2. The average molecular weight is 485 g/mol. The number of nitrogens with zero attached hydrogens (tertiary/aromatic N) is 3. The molecule has 2 atom stereocenters. The molecule has 3 aromatic rings. The number of hydrogen-bond acceptors (Lipinski definition) is 7. The third-order valence-corrected chi connectivity index (χ3v) is 6.61. The van der Waals surface area contributed by atoms with Crippen LogP contribution >= 0.6 is 22.9 Å². The van der Waals surface area contributed by atoms with Crippen LogP contribution in [-0.4, -0.2) is 52.2 Å². The SMILES string of the molecule is O=C(NCc1ccc(Cl)cc1)c1cc(O[C@H]2CCN3C(=O)OC[C@@H]3C2)c(-c2cscn2)cn1. The molecule has 5 rings (SSSR count). The Labute approximate surface area is 199 Å². The quantitative estimate of drug-likeness (QED) is 0.565. The summed E-state index contributed by atoms with van der Waals surface area (Å²) in [5, 5.41) is 5.44. The minimum atomic E-state index is -0.302. The number of rotatable bonds is 6. The Morgan fingerprint density at radius 2 is 2.15 bits per heavy atom. The van der Waals surface area contributed by atoms with Gasteiger partial charge in [-0.1, -0.05) is 23.7 Å². The van der Waals surface area contributed by atoms with Crippen molar-refractivity contribution >= 4 is 34.9 Å². The lowest BCUT2D eigenvalue weighted by Crippen LogP contribution is -2.44. The zero-order chi connectivity index (χ0) is 22.8. The molecule has 170 valence electrons. The van der Waals surface area contributed by atoms with Gasteiger partial charge in [-0.05, 0) is 17.7 Å². The van der Waals surface area contributed by atoms with Gasteiger partial charge in [-0.3, -0.25) is 9.78 Å². The van der Waals surface area contributed by atoms with Gasteiger partial charge in [-0.2, -0.15) is 0 Å². The molecular weight excluding hydrogens is 464 g/mol. The number of cyclic esters (lactones) is 1. The predicted molar refractivity (Wildman–Crippen MR) is 123 cm³/mol. The Bertz CT molecular complexity index is 1160. The van der Waals surface area contributed by atoms with E-state index >= 15 is 0 Å². The van der Waals surface area contributed by atoms with Crippen molar-refractivity contribution in [2.24, 2.45) is 0 Å². The minimum absolute atomic E-state index is 0.0166. The maximum Gasteiger partial charge on any atom is 0.410 e. The van der Waals surface area contributed by atoms with E-state index in [4.69, 9.17) is 21.1 Å². The maximum atomic E-state index is 12.8. The fraction of sp³-hybridized carbons (Fsp3) is 0.304. The van der Waals surface area contributed by atoms with E-state index < -0.39 is 0 Å². The van der Waals surface area contributed by atoms with Crippen LogP contribution in [0.4, 0.5) is 4.79 Å². The number of carbonyl (C=O) groups excluding carboxylic acids is 2. The van der Waals surface area contributed by atoms with Crippen LogP contribution in [0.2, 0.25) is 5.02 Å². The molecule has 0 aliphatic carbocycles. The van der Waals surface area contributed by atoms with Crippen LogP contribution in [0.25, 0.3) is 11.3 Å². The molecule has 33 heavy (non-hydrogen) atoms. The number of halogens is 1. The number of hydrogen-bond donors (Lipinski definition) is 1. The third-order valence-electron chi connectivity index (χ3n) is 5.77. The third kappa shape index (κ3) is 4.79. The number of aromatic nitrogens is 2. The van der Waals surface area contributed by atoms with Crippen molar-refractivity contribution < 1.29 is 19.1 Å². The zero-order valence-corrected chi connectivity index (χ0v) is 19.1. The molecule has 0 unspecified atom stereocenters. The summed E-state index contributed by atoms with van der Waals surface area (Å²) in [5.41, 5.74) is 4.41.